The Hall–Kier alpha value is -1.66. The van der Waals surface area contributed by atoms with Crippen LogP contribution in [0.1, 0.15) is 303 Å². The Morgan fingerprint density at radius 3 is 1.27 bits per heavy atom. The van der Waals surface area contributed by atoms with Crippen molar-refractivity contribution in [1.82, 2.24) is 5.32 Å². The molecule has 63 heavy (non-hydrogen) atoms. The maximum Gasteiger partial charge on any atom is 0.305 e. The molecule has 0 bridgehead atoms. The van der Waals surface area contributed by atoms with Crippen molar-refractivity contribution in [3.63, 3.8) is 0 Å². The fraction of sp³-hybridized carbons (Fsp3) is 0.895. The second kappa shape index (κ2) is 53.0. The van der Waals surface area contributed by atoms with Crippen molar-refractivity contribution >= 4 is 11.9 Å². The molecule has 6 nitrogen and oxygen atoms in total. The molecule has 0 fully saturated rings. The van der Waals surface area contributed by atoms with Crippen molar-refractivity contribution in [2.24, 2.45) is 0 Å². The molecule has 0 spiro atoms. The van der Waals surface area contributed by atoms with Gasteiger partial charge in [-0.05, 0) is 51.4 Å². The SMILES string of the molecule is CCC/C=C\C/C=C\CCCCCCCC(=O)OCCCCCCCCCCCCC(=O)NC(CO)C(O)CCCCCCCCCCCCCCCCCCCCCCCCC. The summed E-state index contributed by atoms with van der Waals surface area (Å²) in [6, 6.07) is -0.560. The molecular formula is C57H109NO5. The number of ether oxygens (including phenoxy) is 1. The number of esters is 1. The molecule has 0 saturated carbocycles. The molecule has 0 aromatic rings. The summed E-state index contributed by atoms with van der Waals surface area (Å²) >= 11 is 0. The average Bonchev–Trinajstić information content (AvgIpc) is 3.28. The highest BCUT2D eigenvalue weighted by Crippen LogP contribution is 2.17. The van der Waals surface area contributed by atoms with E-state index >= 15 is 0 Å². The Morgan fingerprint density at radius 2 is 0.825 bits per heavy atom. The summed E-state index contributed by atoms with van der Waals surface area (Å²) in [4.78, 5) is 24.5. The summed E-state index contributed by atoms with van der Waals surface area (Å²) < 4.78 is 5.44. The molecule has 0 saturated heterocycles. The topological polar surface area (TPSA) is 95.9 Å². The van der Waals surface area contributed by atoms with Gasteiger partial charge in [0.1, 0.15) is 0 Å². The first kappa shape index (κ1) is 61.3. The Balaban J connectivity index is 3.47. The van der Waals surface area contributed by atoms with E-state index in [-0.39, 0.29) is 18.5 Å². The molecule has 3 N–H and O–H groups in total. The first-order valence-electron chi connectivity index (χ1n) is 28.1. The summed E-state index contributed by atoms with van der Waals surface area (Å²) in [5.41, 5.74) is 0. The Kier molecular flexibility index (Phi) is 51.6. The minimum Gasteiger partial charge on any atom is -0.466 e. The number of nitrogens with one attached hydrogen (secondary N) is 1. The van der Waals surface area contributed by atoms with E-state index < -0.39 is 12.1 Å². The lowest BCUT2D eigenvalue weighted by molar-refractivity contribution is -0.143. The van der Waals surface area contributed by atoms with Gasteiger partial charge in [0.15, 0.2) is 0 Å². The highest BCUT2D eigenvalue weighted by Gasteiger charge is 2.20. The Morgan fingerprint density at radius 1 is 0.444 bits per heavy atom. The molecular weight excluding hydrogens is 779 g/mol. The van der Waals surface area contributed by atoms with Gasteiger partial charge < -0.3 is 20.3 Å². The molecule has 0 heterocycles. The summed E-state index contributed by atoms with van der Waals surface area (Å²) in [5.74, 6) is -0.0896. The summed E-state index contributed by atoms with van der Waals surface area (Å²) in [6.07, 6.45) is 63.0. The van der Waals surface area contributed by atoms with Crippen LogP contribution in [0.25, 0.3) is 0 Å². The number of rotatable bonds is 52. The maximum absolute atomic E-state index is 12.5. The van der Waals surface area contributed by atoms with Crippen molar-refractivity contribution in [3.05, 3.63) is 24.3 Å². The fourth-order valence-corrected chi connectivity index (χ4v) is 8.68. The van der Waals surface area contributed by atoms with Gasteiger partial charge in [-0.3, -0.25) is 9.59 Å². The monoisotopic (exact) mass is 888 g/mol. The quantitative estimate of drug-likeness (QED) is 0.0321. The van der Waals surface area contributed by atoms with Crippen LogP contribution in [0.4, 0.5) is 0 Å². The Labute approximate surface area is 392 Å². The van der Waals surface area contributed by atoms with Crippen LogP contribution in [0.5, 0.6) is 0 Å². The largest absolute Gasteiger partial charge is 0.466 e. The van der Waals surface area contributed by atoms with Gasteiger partial charge in [-0.1, -0.05) is 263 Å². The van der Waals surface area contributed by atoms with E-state index in [9.17, 15) is 19.8 Å². The number of allylic oxidation sites excluding steroid dienone is 4. The minimum atomic E-state index is -0.681. The van der Waals surface area contributed by atoms with Gasteiger partial charge in [0.05, 0.1) is 25.4 Å². The standard InChI is InChI=1S/C57H109NO5/c1-3-5-7-9-11-13-15-17-18-19-20-21-22-23-24-25-26-28-29-33-37-41-45-49-55(60)54(53-59)58-56(61)50-46-42-38-34-31-32-36-40-44-48-52-63-57(62)51-47-43-39-35-30-27-16-14-12-10-8-6-4-2/h8,10,14,16,54-55,59-60H,3-7,9,11-13,15,17-53H2,1-2H3,(H,58,61)/b10-8-,16-14-. The lowest BCUT2D eigenvalue weighted by Crippen LogP contribution is -2.45. The van der Waals surface area contributed by atoms with E-state index in [2.05, 4.69) is 43.5 Å². The molecule has 0 aliphatic rings. The number of hydrogen-bond donors (Lipinski definition) is 3. The summed E-state index contributed by atoms with van der Waals surface area (Å²) in [7, 11) is 0. The number of amides is 1. The number of unbranched alkanes of at least 4 members (excludes halogenated alkanes) is 37. The summed E-state index contributed by atoms with van der Waals surface area (Å²) in [5, 5.41) is 23.3. The molecule has 372 valence electrons. The van der Waals surface area contributed by atoms with Crippen molar-refractivity contribution in [2.45, 2.75) is 315 Å². The van der Waals surface area contributed by atoms with Crippen molar-refractivity contribution in [3.8, 4) is 0 Å². The van der Waals surface area contributed by atoms with Crippen LogP contribution in [-0.2, 0) is 14.3 Å². The van der Waals surface area contributed by atoms with Crippen LogP contribution >= 0.6 is 0 Å². The molecule has 0 aromatic heterocycles. The zero-order valence-corrected chi connectivity index (χ0v) is 42.3. The first-order valence-corrected chi connectivity index (χ1v) is 28.1. The molecule has 0 aliphatic heterocycles. The molecule has 2 unspecified atom stereocenters. The van der Waals surface area contributed by atoms with E-state index in [1.165, 1.54) is 199 Å². The van der Waals surface area contributed by atoms with Crippen LogP contribution in [0.3, 0.4) is 0 Å². The van der Waals surface area contributed by atoms with Crippen molar-refractivity contribution in [1.29, 1.82) is 0 Å². The van der Waals surface area contributed by atoms with Crippen LogP contribution < -0.4 is 5.32 Å². The molecule has 0 radical (unpaired) electrons. The fourth-order valence-electron chi connectivity index (χ4n) is 8.68. The second-order valence-electron chi connectivity index (χ2n) is 19.3. The third-order valence-electron chi connectivity index (χ3n) is 13.0. The van der Waals surface area contributed by atoms with E-state index in [0.717, 1.165) is 70.6 Å². The molecule has 6 heteroatoms. The van der Waals surface area contributed by atoms with Gasteiger partial charge in [0.25, 0.3) is 0 Å². The van der Waals surface area contributed by atoms with E-state index in [0.29, 0.717) is 25.9 Å². The molecule has 0 aromatic carbocycles. The van der Waals surface area contributed by atoms with Gasteiger partial charge in [-0.2, -0.15) is 0 Å². The van der Waals surface area contributed by atoms with Gasteiger partial charge >= 0.3 is 5.97 Å². The zero-order chi connectivity index (χ0) is 45.8. The van der Waals surface area contributed by atoms with Crippen LogP contribution in [0.15, 0.2) is 24.3 Å². The van der Waals surface area contributed by atoms with Crippen LogP contribution in [-0.4, -0.2) is 47.4 Å². The summed E-state index contributed by atoms with van der Waals surface area (Å²) in [6.45, 7) is 4.85. The molecule has 2 atom stereocenters. The zero-order valence-electron chi connectivity index (χ0n) is 42.3. The van der Waals surface area contributed by atoms with Gasteiger partial charge in [0.2, 0.25) is 5.91 Å². The predicted molar refractivity (Wildman–Crippen MR) is 273 cm³/mol. The second-order valence-corrected chi connectivity index (χ2v) is 19.3. The lowest BCUT2D eigenvalue weighted by atomic mass is 10.0. The highest BCUT2D eigenvalue weighted by molar-refractivity contribution is 5.76. The predicted octanol–water partition coefficient (Wildman–Crippen LogP) is 17.1. The molecule has 0 aliphatic carbocycles. The van der Waals surface area contributed by atoms with Gasteiger partial charge in [-0.25, -0.2) is 0 Å². The number of aliphatic hydroxyl groups excluding tert-OH is 2. The van der Waals surface area contributed by atoms with Crippen molar-refractivity contribution < 1.29 is 24.5 Å². The van der Waals surface area contributed by atoms with Crippen LogP contribution in [0, 0.1) is 0 Å². The van der Waals surface area contributed by atoms with Gasteiger partial charge in [0, 0.05) is 12.8 Å². The smallest absolute Gasteiger partial charge is 0.305 e. The number of hydrogen-bond acceptors (Lipinski definition) is 5. The first-order chi connectivity index (χ1) is 31.0. The van der Waals surface area contributed by atoms with E-state index in [1.807, 2.05) is 0 Å². The molecule has 0 rings (SSSR count). The third-order valence-corrected chi connectivity index (χ3v) is 13.0. The number of carbonyl (C=O) groups is 2. The van der Waals surface area contributed by atoms with Crippen molar-refractivity contribution in [2.75, 3.05) is 13.2 Å². The average molecular weight is 889 g/mol. The minimum absolute atomic E-state index is 0.0333. The van der Waals surface area contributed by atoms with Crippen LogP contribution in [0.2, 0.25) is 0 Å². The Bertz CT molecular complexity index is 982. The third kappa shape index (κ3) is 49.6. The normalized spacial score (nSPS) is 12.8. The maximum atomic E-state index is 12.5. The van der Waals surface area contributed by atoms with Gasteiger partial charge in [-0.15, -0.1) is 0 Å². The lowest BCUT2D eigenvalue weighted by Gasteiger charge is -2.22. The number of carbonyl (C=O) groups excluding carboxylic acids is 2. The molecule has 1 amide bonds. The highest BCUT2D eigenvalue weighted by atomic mass is 16.5. The number of aliphatic hydroxyl groups is 2. The van der Waals surface area contributed by atoms with E-state index in [1.54, 1.807) is 0 Å². The van der Waals surface area contributed by atoms with E-state index in [4.69, 9.17) is 4.74 Å².